The highest BCUT2D eigenvalue weighted by Gasteiger charge is 2.46. The molecule has 1 amide bonds. The fourth-order valence-electron chi connectivity index (χ4n) is 2.54. The van der Waals surface area contributed by atoms with Gasteiger partial charge in [0.05, 0.1) is 6.10 Å². The third-order valence-electron chi connectivity index (χ3n) is 3.89. The molecule has 0 aliphatic carbocycles. The Morgan fingerprint density at radius 3 is 2.64 bits per heavy atom. The molecular formula is C15H25N2O4P. The largest absolute Gasteiger partial charge is 0.388 e. The van der Waals surface area contributed by atoms with Crippen molar-refractivity contribution in [1.29, 1.82) is 0 Å². The normalized spacial score (nSPS) is 33.0. The lowest BCUT2D eigenvalue weighted by Crippen LogP contribution is -2.47. The zero-order chi connectivity index (χ0) is 16.7. The maximum absolute atomic E-state index is 11.6. The lowest BCUT2D eigenvalue weighted by Gasteiger charge is -2.34. The Morgan fingerprint density at radius 2 is 2.05 bits per heavy atom. The molecule has 22 heavy (non-hydrogen) atoms. The third kappa shape index (κ3) is 3.63. The molecule has 2 aliphatic rings. The van der Waals surface area contributed by atoms with Crippen molar-refractivity contribution < 1.29 is 19.7 Å². The molecule has 4 atom stereocenters. The second-order valence-corrected chi connectivity index (χ2v) is 10.9. The molecule has 0 radical (unpaired) electrons. The summed E-state index contributed by atoms with van der Waals surface area (Å²) >= 11 is 0. The van der Waals surface area contributed by atoms with Gasteiger partial charge in [-0.15, -0.1) is 13.2 Å². The number of nitrogens with one attached hydrogen (secondary N) is 1. The van der Waals surface area contributed by atoms with Crippen molar-refractivity contribution in [1.82, 2.24) is 10.2 Å². The fraction of sp³-hybridized carbons (Fsp3) is 0.600. The van der Waals surface area contributed by atoms with Crippen LogP contribution in [0.25, 0.3) is 0 Å². The van der Waals surface area contributed by atoms with Crippen molar-refractivity contribution in [3.8, 4) is 0 Å². The van der Waals surface area contributed by atoms with E-state index < -0.39 is 31.4 Å². The maximum Gasteiger partial charge on any atom is 0.253 e. The van der Waals surface area contributed by atoms with E-state index in [0.717, 1.165) is 6.16 Å². The van der Waals surface area contributed by atoms with Gasteiger partial charge in [-0.1, -0.05) is 6.58 Å². The molecule has 6 nitrogen and oxygen atoms in total. The number of carbonyl (C=O) groups is 1. The van der Waals surface area contributed by atoms with Crippen LogP contribution in [0.5, 0.6) is 0 Å². The lowest BCUT2D eigenvalue weighted by molar-refractivity contribution is -0.119. The summed E-state index contributed by atoms with van der Waals surface area (Å²) in [5, 5.41) is 23.1. The molecule has 0 bridgehead atoms. The molecule has 1 saturated heterocycles. The van der Waals surface area contributed by atoms with Crippen molar-refractivity contribution in [2.75, 3.05) is 19.5 Å². The van der Waals surface area contributed by atoms with E-state index in [1.165, 1.54) is 0 Å². The average molecular weight is 328 g/mol. The van der Waals surface area contributed by atoms with Crippen molar-refractivity contribution >= 4 is 19.1 Å². The SMILES string of the molecule is C=C1NC(=O)C(C)=CN1C1O[C@H](CCP(=C)(C)C)[C@@H](O)[C@H]1O. The number of hydrogen-bond acceptors (Lipinski definition) is 5. The van der Waals surface area contributed by atoms with Crippen LogP contribution in [-0.4, -0.2) is 71.4 Å². The number of amides is 1. The maximum atomic E-state index is 11.6. The minimum Gasteiger partial charge on any atom is -0.388 e. The van der Waals surface area contributed by atoms with Crippen LogP contribution in [0.2, 0.25) is 0 Å². The van der Waals surface area contributed by atoms with Crippen LogP contribution in [0.15, 0.2) is 24.2 Å². The van der Waals surface area contributed by atoms with Gasteiger partial charge in [-0.05, 0) is 32.8 Å². The van der Waals surface area contributed by atoms with Crippen LogP contribution < -0.4 is 5.32 Å². The second-order valence-electron chi connectivity index (χ2n) is 6.61. The number of hydrogen-bond donors (Lipinski definition) is 3. The highest BCUT2D eigenvalue weighted by molar-refractivity contribution is 7.72. The second kappa shape index (κ2) is 6.20. The van der Waals surface area contributed by atoms with E-state index in [9.17, 15) is 15.0 Å². The van der Waals surface area contributed by atoms with E-state index in [1.807, 2.05) is 0 Å². The molecular weight excluding hydrogens is 303 g/mol. The molecule has 0 aromatic rings. The van der Waals surface area contributed by atoms with E-state index >= 15 is 0 Å². The molecule has 1 unspecified atom stereocenters. The molecule has 3 N–H and O–H groups in total. The Kier molecular flexibility index (Phi) is 4.87. The standard InChI is InChI=1S/C15H25N2O4P/c1-9-8-17(10(2)16-14(9)20)15-13(19)12(18)11(21-15)6-7-22(3,4)5/h8,11-13,15,18-19H,2-3,6-7H2,1,4-5H3,(H,16,20)/t11-,12-,13-,15?/m1/s1. The smallest absolute Gasteiger partial charge is 0.253 e. The third-order valence-corrected chi connectivity index (χ3v) is 5.36. The molecule has 0 aromatic heterocycles. The predicted molar refractivity (Wildman–Crippen MR) is 88.9 cm³/mol. The van der Waals surface area contributed by atoms with Gasteiger partial charge in [-0.2, -0.15) is 0 Å². The minimum atomic E-state index is -1.22. The van der Waals surface area contributed by atoms with Crippen LogP contribution in [0.4, 0.5) is 0 Å². The summed E-state index contributed by atoms with van der Waals surface area (Å²) in [5.41, 5.74) is 0.492. The lowest BCUT2D eigenvalue weighted by atomic mass is 10.1. The summed E-state index contributed by atoms with van der Waals surface area (Å²) in [7, 11) is 0. The van der Waals surface area contributed by atoms with E-state index in [0.29, 0.717) is 17.8 Å². The summed E-state index contributed by atoms with van der Waals surface area (Å²) < 4.78 is 5.83. The Bertz CT molecular complexity index is 554. The monoisotopic (exact) mass is 328 g/mol. The van der Waals surface area contributed by atoms with Gasteiger partial charge < -0.3 is 25.2 Å². The van der Waals surface area contributed by atoms with Crippen LogP contribution in [-0.2, 0) is 9.53 Å². The summed E-state index contributed by atoms with van der Waals surface area (Å²) in [4.78, 5) is 13.1. The first-order valence-electron chi connectivity index (χ1n) is 7.26. The van der Waals surface area contributed by atoms with Gasteiger partial charge in [0.2, 0.25) is 0 Å². The first-order valence-corrected chi connectivity index (χ1v) is 10.3. The number of aliphatic hydroxyl groups is 2. The Hall–Kier alpha value is -1.07. The van der Waals surface area contributed by atoms with Gasteiger partial charge in [0.25, 0.3) is 5.91 Å². The summed E-state index contributed by atoms with van der Waals surface area (Å²) in [5.74, 6) is 0.104. The molecule has 7 heteroatoms. The highest BCUT2D eigenvalue weighted by atomic mass is 31.2. The Balaban J connectivity index is 2.11. The first kappa shape index (κ1) is 17.3. The van der Waals surface area contributed by atoms with Crippen LogP contribution in [0, 0.1) is 0 Å². The molecule has 1 fully saturated rings. The van der Waals surface area contributed by atoms with E-state index in [2.05, 4.69) is 31.5 Å². The van der Waals surface area contributed by atoms with Crippen molar-refractivity contribution in [3.05, 3.63) is 24.2 Å². The number of aliphatic hydroxyl groups excluding tert-OH is 2. The van der Waals surface area contributed by atoms with Gasteiger partial charge in [-0.3, -0.25) is 4.79 Å². The van der Waals surface area contributed by atoms with Gasteiger partial charge in [0.15, 0.2) is 6.23 Å². The minimum absolute atomic E-state index is 0.227. The quantitative estimate of drug-likeness (QED) is 0.648. The van der Waals surface area contributed by atoms with Gasteiger partial charge in [0, 0.05) is 11.8 Å². The first-order chi connectivity index (χ1) is 10.1. The summed E-state index contributed by atoms with van der Waals surface area (Å²) in [6.07, 6.45) is 4.03. The molecule has 0 spiro atoms. The zero-order valence-electron chi connectivity index (χ0n) is 13.3. The van der Waals surface area contributed by atoms with Crippen LogP contribution in [0.3, 0.4) is 0 Å². The fourth-order valence-corrected chi connectivity index (χ4v) is 3.49. The van der Waals surface area contributed by atoms with Crippen LogP contribution >= 0.6 is 6.89 Å². The number of ether oxygens (including phenoxy) is 1. The van der Waals surface area contributed by atoms with Gasteiger partial charge >= 0.3 is 0 Å². The Labute approximate surface area is 131 Å². The number of rotatable bonds is 4. The molecule has 2 heterocycles. The summed E-state index contributed by atoms with van der Waals surface area (Å²) in [6, 6.07) is 0. The van der Waals surface area contributed by atoms with Crippen molar-refractivity contribution in [3.63, 3.8) is 0 Å². The molecule has 0 aromatic carbocycles. The summed E-state index contributed by atoms with van der Waals surface area (Å²) in [6.45, 7) is 8.46. The van der Waals surface area contributed by atoms with E-state index in [1.54, 1.807) is 18.0 Å². The van der Waals surface area contributed by atoms with Gasteiger partial charge in [0.1, 0.15) is 18.0 Å². The predicted octanol–water partition coefficient (Wildman–Crippen LogP) is 0.339. The number of carbonyl (C=O) groups excluding carboxylic acids is 1. The zero-order valence-corrected chi connectivity index (χ0v) is 14.2. The molecule has 124 valence electrons. The Morgan fingerprint density at radius 1 is 1.41 bits per heavy atom. The van der Waals surface area contributed by atoms with Crippen molar-refractivity contribution in [2.45, 2.75) is 37.9 Å². The number of nitrogens with zero attached hydrogens (tertiary/aromatic N) is 1. The van der Waals surface area contributed by atoms with E-state index in [4.69, 9.17) is 4.74 Å². The molecule has 0 saturated carbocycles. The molecule has 2 rings (SSSR count). The van der Waals surface area contributed by atoms with E-state index in [-0.39, 0.29) is 5.91 Å². The molecule has 2 aliphatic heterocycles. The average Bonchev–Trinajstić information content (AvgIpc) is 2.68. The van der Waals surface area contributed by atoms with Crippen LogP contribution in [0.1, 0.15) is 13.3 Å². The topological polar surface area (TPSA) is 82.0 Å². The highest BCUT2D eigenvalue weighted by Crippen LogP contribution is 2.38. The van der Waals surface area contributed by atoms with Crippen molar-refractivity contribution in [2.24, 2.45) is 0 Å². The van der Waals surface area contributed by atoms with Gasteiger partial charge in [-0.25, -0.2) is 0 Å².